The highest BCUT2D eigenvalue weighted by atomic mass is 16.6. The molecule has 0 aliphatic heterocycles. The number of carbonyl (C=O) groups excluding carboxylic acids is 3. The van der Waals surface area contributed by atoms with Crippen LogP contribution in [0.25, 0.3) is 0 Å². The SMILES string of the molecule is CCCC/C=C\C/C=C\CCCCCCCC(=O)OC(COC(=O)CCCCCCCCCC)COC(=O)CCCCCCCCC/C=C\CCCCCCCC. The summed E-state index contributed by atoms with van der Waals surface area (Å²) in [5.41, 5.74) is 0. The lowest BCUT2D eigenvalue weighted by Crippen LogP contribution is -2.30. The first kappa shape index (κ1) is 54.6. The highest BCUT2D eigenvalue weighted by Crippen LogP contribution is 2.14. The van der Waals surface area contributed by atoms with Crippen LogP contribution in [0.2, 0.25) is 0 Å². The molecule has 0 aromatic carbocycles. The van der Waals surface area contributed by atoms with Gasteiger partial charge in [-0.05, 0) is 70.6 Å². The first-order chi connectivity index (χ1) is 28.0. The van der Waals surface area contributed by atoms with Crippen molar-refractivity contribution in [3.63, 3.8) is 0 Å². The molecule has 0 saturated carbocycles. The molecular weight excluding hydrogens is 709 g/mol. The van der Waals surface area contributed by atoms with E-state index in [-0.39, 0.29) is 31.1 Å². The van der Waals surface area contributed by atoms with Gasteiger partial charge in [0, 0.05) is 19.3 Å². The van der Waals surface area contributed by atoms with Gasteiger partial charge in [0.05, 0.1) is 0 Å². The second-order valence-electron chi connectivity index (χ2n) is 16.4. The van der Waals surface area contributed by atoms with Gasteiger partial charge < -0.3 is 14.2 Å². The summed E-state index contributed by atoms with van der Waals surface area (Å²) in [6, 6.07) is 0. The van der Waals surface area contributed by atoms with Crippen LogP contribution in [0.5, 0.6) is 0 Å². The van der Waals surface area contributed by atoms with E-state index >= 15 is 0 Å². The van der Waals surface area contributed by atoms with Crippen LogP contribution in [-0.2, 0) is 28.6 Å². The molecule has 1 atom stereocenters. The van der Waals surface area contributed by atoms with E-state index in [4.69, 9.17) is 14.2 Å². The van der Waals surface area contributed by atoms with Crippen LogP contribution in [0.4, 0.5) is 0 Å². The molecule has 6 heteroatoms. The van der Waals surface area contributed by atoms with Gasteiger partial charge in [-0.2, -0.15) is 0 Å². The molecule has 57 heavy (non-hydrogen) atoms. The number of esters is 3. The highest BCUT2D eigenvalue weighted by molar-refractivity contribution is 5.71. The standard InChI is InChI=1S/C51H92O6/c1-4-7-10-13-16-19-21-23-25-26-27-29-30-32-35-38-41-44-50(53)56-47-48(46-55-49(52)43-40-37-34-18-15-12-9-6-3)57-51(54)45-42-39-36-33-31-28-24-22-20-17-14-11-8-5-2/h14,17,22-25,48H,4-13,15-16,18-21,26-47H2,1-3H3/b17-14-,24-22-,25-23-. The average molecular weight is 801 g/mol. The van der Waals surface area contributed by atoms with Crippen molar-refractivity contribution in [1.29, 1.82) is 0 Å². The van der Waals surface area contributed by atoms with Crippen molar-refractivity contribution in [3.05, 3.63) is 36.5 Å². The number of carbonyl (C=O) groups is 3. The van der Waals surface area contributed by atoms with Crippen LogP contribution >= 0.6 is 0 Å². The Morgan fingerprint density at radius 3 is 1.04 bits per heavy atom. The van der Waals surface area contributed by atoms with Crippen LogP contribution in [0.1, 0.15) is 252 Å². The van der Waals surface area contributed by atoms with Crippen molar-refractivity contribution >= 4 is 17.9 Å². The molecule has 0 heterocycles. The summed E-state index contributed by atoms with van der Waals surface area (Å²) in [7, 11) is 0. The lowest BCUT2D eigenvalue weighted by atomic mass is 10.1. The maximum absolute atomic E-state index is 12.7. The van der Waals surface area contributed by atoms with E-state index in [1.807, 2.05) is 0 Å². The van der Waals surface area contributed by atoms with Crippen molar-refractivity contribution in [1.82, 2.24) is 0 Å². The van der Waals surface area contributed by atoms with Crippen molar-refractivity contribution in [2.24, 2.45) is 0 Å². The minimum Gasteiger partial charge on any atom is -0.462 e. The Morgan fingerprint density at radius 2 is 0.649 bits per heavy atom. The van der Waals surface area contributed by atoms with E-state index in [1.165, 1.54) is 128 Å². The highest BCUT2D eigenvalue weighted by Gasteiger charge is 2.19. The Kier molecular flexibility index (Phi) is 44.4. The summed E-state index contributed by atoms with van der Waals surface area (Å²) in [5, 5.41) is 0. The maximum Gasteiger partial charge on any atom is 0.306 e. The van der Waals surface area contributed by atoms with E-state index in [9.17, 15) is 14.4 Å². The molecule has 6 nitrogen and oxygen atoms in total. The molecule has 0 aliphatic rings. The van der Waals surface area contributed by atoms with Gasteiger partial charge in [0.2, 0.25) is 0 Å². The zero-order valence-electron chi connectivity index (χ0n) is 37.9. The predicted octanol–water partition coefficient (Wildman–Crippen LogP) is 15.8. The van der Waals surface area contributed by atoms with Gasteiger partial charge in [-0.25, -0.2) is 0 Å². The summed E-state index contributed by atoms with van der Waals surface area (Å²) in [6.07, 6.45) is 52.7. The number of unbranched alkanes of at least 4 members (excludes halogenated alkanes) is 27. The van der Waals surface area contributed by atoms with Gasteiger partial charge >= 0.3 is 17.9 Å². The quantitative estimate of drug-likeness (QED) is 0.0264. The van der Waals surface area contributed by atoms with E-state index < -0.39 is 6.10 Å². The molecule has 0 aromatic heterocycles. The fourth-order valence-electron chi connectivity index (χ4n) is 6.86. The zero-order chi connectivity index (χ0) is 41.5. The largest absolute Gasteiger partial charge is 0.462 e. The summed E-state index contributed by atoms with van der Waals surface area (Å²) < 4.78 is 16.7. The van der Waals surface area contributed by atoms with Gasteiger partial charge in [0.15, 0.2) is 6.10 Å². The van der Waals surface area contributed by atoms with Crippen LogP contribution in [0.15, 0.2) is 36.5 Å². The van der Waals surface area contributed by atoms with E-state index in [1.54, 1.807) is 0 Å². The molecule has 0 N–H and O–H groups in total. The lowest BCUT2D eigenvalue weighted by Gasteiger charge is -2.18. The summed E-state index contributed by atoms with van der Waals surface area (Å²) in [6.45, 7) is 6.55. The van der Waals surface area contributed by atoms with Gasteiger partial charge in [-0.3, -0.25) is 14.4 Å². The number of hydrogen-bond donors (Lipinski definition) is 0. The minimum atomic E-state index is -0.775. The molecule has 0 rings (SSSR count). The molecule has 0 spiro atoms. The Balaban J connectivity index is 4.31. The molecule has 0 aliphatic carbocycles. The molecule has 0 radical (unpaired) electrons. The fraction of sp³-hybridized carbons (Fsp3) is 0.824. The summed E-state index contributed by atoms with van der Waals surface area (Å²) in [4.78, 5) is 37.7. The second kappa shape index (κ2) is 46.3. The molecule has 332 valence electrons. The van der Waals surface area contributed by atoms with Crippen molar-refractivity contribution < 1.29 is 28.6 Å². The first-order valence-corrected chi connectivity index (χ1v) is 24.5. The van der Waals surface area contributed by atoms with Gasteiger partial charge in [0.25, 0.3) is 0 Å². The predicted molar refractivity (Wildman–Crippen MR) is 242 cm³/mol. The average Bonchev–Trinajstić information content (AvgIpc) is 3.21. The fourth-order valence-corrected chi connectivity index (χ4v) is 6.86. The molecule has 0 saturated heterocycles. The van der Waals surface area contributed by atoms with Crippen molar-refractivity contribution in [3.8, 4) is 0 Å². The topological polar surface area (TPSA) is 78.9 Å². The smallest absolute Gasteiger partial charge is 0.306 e. The van der Waals surface area contributed by atoms with Gasteiger partial charge in [-0.15, -0.1) is 0 Å². The number of ether oxygens (including phenoxy) is 3. The number of allylic oxidation sites excluding steroid dienone is 6. The lowest BCUT2D eigenvalue weighted by molar-refractivity contribution is -0.167. The summed E-state index contributed by atoms with van der Waals surface area (Å²) >= 11 is 0. The minimum absolute atomic E-state index is 0.0775. The molecule has 0 aromatic rings. The Bertz CT molecular complexity index is 969. The third kappa shape index (κ3) is 44.6. The van der Waals surface area contributed by atoms with Gasteiger partial charge in [0.1, 0.15) is 13.2 Å². The number of hydrogen-bond acceptors (Lipinski definition) is 6. The monoisotopic (exact) mass is 801 g/mol. The molecule has 0 amide bonds. The third-order valence-corrected chi connectivity index (χ3v) is 10.6. The van der Waals surface area contributed by atoms with Crippen LogP contribution in [0.3, 0.4) is 0 Å². The van der Waals surface area contributed by atoms with E-state index in [2.05, 4.69) is 57.2 Å². The molecule has 1 unspecified atom stereocenters. The van der Waals surface area contributed by atoms with E-state index in [0.717, 1.165) is 83.5 Å². The second-order valence-corrected chi connectivity index (χ2v) is 16.4. The Labute approximate surface area is 353 Å². The normalized spacial score (nSPS) is 12.3. The molecule has 0 fully saturated rings. The van der Waals surface area contributed by atoms with Crippen molar-refractivity contribution in [2.75, 3.05) is 13.2 Å². The zero-order valence-corrected chi connectivity index (χ0v) is 37.9. The van der Waals surface area contributed by atoms with E-state index in [0.29, 0.717) is 19.3 Å². The maximum atomic E-state index is 12.7. The first-order valence-electron chi connectivity index (χ1n) is 24.5. The van der Waals surface area contributed by atoms with Crippen LogP contribution in [0, 0.1) is 0 Å². The Hall–Kier alpha value is -2.37. The van der Waals surface area contributed by atoms with Crippen LogP contribution < -0.4 is 0 Å². The van der Waals surface area contributed by atoms with Gasteiger partial charge in [-0.1, -0.05) is 198 Å². The van der Waals surface area contributed by atoms with Crippen LogP contribution in [-0.4, -0.2) is 37.2 Å². The molecular formula is C51H92O6. The van der Waals surface area contributed by atoms with Crippen molar-refractivity contribution in [2.45, 2.75) is 258 Å². The summed E-state index contributed by atoms with van der Waals surface area (Å²) in [5.74, 6) is -0.895. The third-order valence-electron chi connectivity index (χ3n) is 10.6. The Morgan fingerprint density at radius 1 is 0.351 bits per heavy atom. The molecule has 0 bridgehead atoms. The number of rotatable bonds is 44.